The maximum Gasteiger partial charge on any atom is 0.0434 e. The van der Waals surface area contributed by atoms with Crippen LogP contribution in [0.15, 0.2) is 18.2 Å². The number of fused-ring (bicyclic) bond motifs is 2. The first-order valence-corrected chi connectivity index (χ1v) is 6.51. The second-order valence-electron chi connectivity index (χ2n) is 5.43. The van der Waals surface area contributed by atoms with Gasteiger partial charge in [-0.05, 0) is 29.9 Å². The Labute approximate surface area is 96.6 Å². The fraction of sp³-hybridized carbons (Fsp3) is 0.571. The van der Waals surface area contributed by atoms with Crippen molar-refractivity contribution in [3.05, 3.63) is 29.3 Å². The van der Waals surface area contributed by atoms with Crippen LogP contribution in [0.2, 0.25) is 0 Å². The Balaban J connectivity index is 1.90. The molecule has 16 heavy (non-hydrogen) atoms. The molecule has 1 N–H and O–H groups in total. The average Bonchev–Trinajstić information content (AvgIpc) is 2.78. The zero-order valence-electron chi connectivity index (χ0n) is 9.58. The molecule has 1 aromatic carbocycles. The summed E-state index contributed by atoms with van der Waals surface area (Å²) in [5, 5.41) is 3.56. The Morgan fingerprint density at radius 2 is 2.25 bits per heavy atom. The van der Waals surface area contributed by atoms with E-state index in [0.29, 0.717) is 0 Å². The van der Waals surface area contributed by atoms with Gasteiger partial charge in [0.05, 0.1) is 0 Å². The lowest BCUT2D eigenvalue weighted by Gasteiger charge is -2.41. The number of anilines is 1. The first-order chi connectivity index (χ1) is 7.93. The first-order valence-electron chi connectivity index (χ1n) is 6.51. The summed E-state index contributed by atoms with van der Waals surface area (Å²) in [4.78, 5) is 2.64. The van der Waals surface area contributed by atoms with Gasteiger partial charge in [-0.3, -0.25) is 0 Å². The van der Waals surface area contributed by atoms with E-state index in [4.69, 9.17) is 0 Å². The smallest absolute Gasteiger partial charge is 0.0434 e. The number of nitrogens with zero attached hydrogens (tertiary/aromatic N) is 1. The molecular weight excluding hydrogens is 196 g/mol. The zero-order valence-corrected chi connectivity index (χ0v) is 9.58. The summed E-state index contributed by atoms with van der Waals surface area (Å²) in [6, 6.07) is 6.95. The van der Waals surface area contributed by atoms with E-state index in [2.05, 4.69) is 28.4 Å². The molecule has 0 unspecified atom stereocenters. The number of benzene rings is 1. The monoisotopic (exact) mass is 214 g/mol. The standard InChI is InChI=1S/C14H18N2/c1-3-10-4-2-6-16-9-11-7-15-8-13(11)12(5-1)14(10)16/h1,3,5,11,13,15H,2,4,6-9H2/t11-,13-/m0/s1. The van der Waals surface area contributed by atoms with Crippen molar-refractivity contribution in [1.29, 1.82) is 0 Å². The Morgan fingerprint density at radius 3 is 3.25 bits per heavy atom. The predicted octanol–water partition coefficient (Wildman–Crippen LogP) is 1.76. The zero-order chi connectivity index (χ0) is 10.5. The molecule has 2 atom stereocenters. The maximum absolute atomic E-state index is 3.56. The summed E-state index contributed by atoms with van der Waals surface area (Å²) in [6.45, 7) is 4.95. The summed E-state index contributed by atoms with van der Waals surface area (Å²) < 4.78 is 0. The fourth-order valence-corrected chi connectivity index (χ4v) is 3.82. The largest absolute Gasteiger partial charge is 0.371 e. The van der Waals surface area contributed by atoms with Crippen molar-refractivity contribution in [1.82, 2.24) is 5.32 Å². The summed E-state index contributed by atoms with van der Waals surface area (Å²) in [5.74, 6) is 1.63. The van der Waals surface area contributed by atoms with E-state index in [-0.39, 0.29) is 0 Å². The Kier molecular flexibility index (Phi) is 1.83. The molecule has 0 bridgehead atoms. The average molecular weight is 214 g/mol. The van der Waals surface area contributed by atoms with Gasteiger partial charge in [-0.25, -0.2) is 0 Å². The van der Waals surface area contributed by atoms with Crippen molar-refractivity contribution in [3.8, 4) is 0 Å². The summed E-state index contributed by atoms with van der Waals surface area (Å²) >= 11 is 0. The Morgan fingerprint density at radius 1 is 1.25 bits per heavy atom. The van der Waals surface area contributed by atoms with Crippen LogP contribution >= 0.6 is 0 Å². The number of nitrogens with one attached hydrogen (secondary N) is 1. The quantitative estimate of drug-likeness (QED) is 0.708. The Hall–Kier alpha value is -1.02. The SMILES string of the molecule is c1cc2c3c(c1)[C@H]1CNC[C@H]1CN3CCC2. The van der Waals surface area contributed by atoms with Crippen LogP contribution in [0.5, 0.6) is 0 Å². The van der Waals surface area contributed by atoms with Gasteiger partial charge in [0.2, 0.25) is 0 Å². The molecular formula is C14H18N2. The van der Waals surface area contributed by atoms with Crippen molar-refractivity contribution in [3.63, 3.8) is 0 Å². The van der Waals surface area contributed by atoms with Crippen LogP contribution in [-0.2, 0) is 6.42 Å². The molecule has 4 rings (SSSR count). The predicted molar refractivity (Wildman–Crippen MR) is 66.1 cm³/mol. The van der Waals surface area contributed by atoms with Gasteiger partial charge in [-0.2, -0.15) is 0 Å². The first kappa shape index (κ1) is 9.06. The van der Waals surface area contributed by atoms with E-state index >= 15 is 0 Å². The van der Waals surface area contributed by atoms with E-state index in [0.717, 1.165) is 11.8 Å². The van der Waals surface area contributed by atoms with Crippen LogP contribution in [0.25, 0.3) is 0 Å². The number of aryl methyl sites for hydroxylation is 1. The lowest BCUT2D eigenvalue weighted by Crippen LogP contribution is -2.40. The van der Waals surface area contributed by atoms with Crippen LogP contribution in [0.4, 0.5) is 5.69 Å². The third-order valence-electron chi connectivity index (χ3n) is 4.54. The van der Waals surface area contributed by atoms with Crippen molar-refractivity contribution in [2.45, 2.75) is 18.8 Å². The highest BCUT2D eigenvalue weighted by atomic mass is 15.2. The van der Waals surface area contributed by atoms with Gasteiger partial charge in [0.15, 0.2) is 0 Å². The van der Waals surface area contributed by atoms with Crippen LogP contribution in [0.3, 0.4) is 0 Å². The number of hydrogen-bond donors (Lipinski definition) is 1. The molecule has 2 heteroatoms. The molecule has 0 spiro atoms. The topological polar surface area (TPSA) is 15.3 Å². The highest BCUT2D eigenvalue weighted by Crippen LogP contribution is 2.43. The van der Waals surface area contributed by atoms with Gasteiger partial charge in [0.25, 0.3) is 0 Å². The second-order valence-corrected chi connectivity index (χ2v) is 5.43. The number of para-hydroxylation sites is 1. The van der Waals surface area contributed by atoms with E-state index in [1.54, 1.807) is 16.8 Å². The minimum atomic E-state index is 0.782. The van der Waals surface area contributed by atoms with Crippen LogP contribution in [-0.4, -0.2) is 26.2 Å². The molecule has 0 saturated carbocycles. The van der Waals surface area contributed by atoms with Gasteiger partial charge >= 0.3 is 0 Å². The third kappa shape index (κ3) is 1.11. The molecule has 0 radical (unpaired) electrons. The highest BCUT2D eigenvalue weighted by molar-refractivity contribution is 5.64. The van der Waals surface area contributed by atoms with Crippen molar-refractivity contribution < 1.29 is 0 Å². The molecule has 0 aliphatic carbocycles. The minimum Gasteiger partial charge on any atom is -0.371 e. The molecule has 0 amide bonds. The van der Waals surface area contributed by atoms with Crippen molar-refractivity contribution >= 4 is 5.69 Å². The number of rotatable bonds is 0. The molecule has 3 aliphatic rings. The van der Waals surface area contributed by atoms with Crippen LogP contribution in [0.1, 0.15) is 23.5 Å². The molecule has 1 saturated heterocycles. The molecule has 1 fully saturated rings. The maximum atomic E-state index is 3.56. The van der Waals surface area contributed by atoms with Crippen molar-refractivity contribution in [2.24, 2.45) is 5.92 Å². The van der Waals surface area contributed by atoms with Gasteiger partial charge in [0, 0.05) is 37.8 Å². The van der Waals surface area contributed by atoms with Crippen LogP contribution < -0.4 is 10.2 Å². The fourth-order valence-electron chi connectivity index (χ4n) is 3.82. The summed E-state index contributed by atoms with van der Waals surface area (Å²) in [6.07, 6.45) is 2.62. The molecule has 1 aromatic rings. The minimum absolute atomic E-state index is 0.782. The lowest BCUT2D eigenvalue weighted by atomic mass is 9.80. The van der Waals surface area contributed by atoms with Gasteiger partial charge in [-0.1, -0.05) is 18.2 Å². The third-order valence-corrected chi connectivity index (χ3v) is 4.54. The molecule has 3 heterocycles. The van der Waals surface area contributed by atoms with Crippen LogP contribution in [0, 0.1) is 5.92 Å². The molecule has 2 nitrogen and oxygen atoms in total. The second kappa shape index (κ2) is 3.24. The van der Waals surface area contributed by atoms with Gasteiger partial charge in [-0.15, -0.1) is 0 Å². The summed E-state index contributed by atoms with van der Waals surface area (Å²) in [5.41, 5.74) is 4.81. The molecule has 3 aliphatic heterocycles. The molecule has 0 aromatic heterocycles. The van der Waals surface area contributed by atoms with E-state index in [1.165, 1.54) is 39.0 Å². The normalized spacial score (nSPS) is 31.1. The lowest BCUT2D eigenvalue weighted by molar-refractivity contribution is 0.470. The Bertz CT molecular complexity index is 427. The van der Waals surface area contributed by atoms with Gasteiger partial charge < -0.3 is 10.2 Å². The van der Waals surface area contributed by atoms with E-state index < -0.39 is 0 Å². The van der Waals surface area contributed by atoms with E-state index in [9.17, 15) is 0 Å². The molecule has 84 valence electrons. The van der Waals surface area contributed by atoms with Crippen molar-refractivity contribution in [2.75, 3.05) is 31.1 Å². The van der Waals surface area contributed by atoms with E-state index in [1.807, 2.05) is 0 Å². The highest BCUT2D eigenvalue weighted by Gasteiger charge is 2.38. The summed E-state index contributed by atoms with van der Waals surface area (Å²) in [7, 11) is 0. The van der Waals surface area contributed by atoms with Gasteiger partial charge in [0.1, 0.15) is 0 Å². The number of hydrogen-bond acceptors (Lipinski definition) is 2.